The standard InChI is InChI=1S/C11H22N4/c1-4-10(5-2)11-14-13-9(3)15(11)8-6-7-12/h10H,4-8,12H2,1-3H3. The van der Waals surface area contributed by atoms with Gasteiger partial charge in [-0.05, 0) is 32.7 Å². The molecule has 1 heterocycles. The van der Waals surface area contributed by atoms with Crippen LogP contribution in [0.5, 0.6) is 0 Å². The quantitative estimate of drug-likeness (QED) is 0.779. The summed E-state index contributed by atoms with van der Waals surface area (Å²) in [4.78, 5) is 0. The fourth-order valence-corrected chi connectivity index (χ4v) is 1.88. The summed E-state index contributed by atoms with van der Waals surface area (Å²) >= 11 is 0. The van der Waals surface area contributed by atoms with Gasteiger partial charge in [0.15, 0.2) is 0 Å². The van der Waals surface area contributed by atoms with Crippen molar-refractivity contribution in [2.75, 3.05) is 6.54 Å². The van der Waals surface area contributed by atoms with Crippen molar-refractivity contribution >= 4 is 0 Å². The average molecular weight is 210 g/mol. The number of rotatable bonds is 6. The van der Waals surface area contributed by atoms with E-state index >= 15 is 0 Å². The molecule has 86 valence electrons. The van der Waals surface area contributed by atoms with E-state index in [1.54, 1.807) is 0 Å². The number of hydrogen-bond donors (Lipinski definition) is 1. The number of aryl methyl sites for hydroxylation is 1. The van der Waals surface area contributed by atoms with Crippen LogP contribution < -0.4 is 5.73 Å². The summed E-state index contributed by atoms with van der Waals surface area (Å²) < 4.78 is 2.21. The van der Waals surface area contributed by atoms with Crippen LogP contribution in [0.4, 0.5) is 0 Å². The van der Waals surface area contributed by atoms with E-state index in [-0.39, 0.29) is 0 Å². The van der Waals surface area contributed by atoms with Crippen LogP contribution >= 0.6 is 0 Å². The molecule has 0 fully saturated rings. The fourth-order valence-electron chi connectivity index (χ4n) is 1.88. The van der Waals surface area contributed by atoms with Crippen LogP contribution in [-0.4, -0.2) is 21.3 Å². The van der Waals surface area contributed by atoms with Crippen molar-refractivity contribution in [3.05, 3.63) is 11.6 Å². The summed E-state index contributed by atoms with van der Waals surface area (Å²) in [6.45, 7) is 8.08. The SMILES string of the molecule is CCC(CC)c1nnc(C)n1CCCN. The first kappa shape index (κ1) is 12.2. The first-order valence-corrected chi connectivity index (χ1v) is 5.84. The van der Waals surface area contributed by atoms with Gasteiger partial charge in [0.1, 0.15) is 11.6 Å². The Labute approximate surface area is 91.9 Å². The van der Waals surface area contributed by atoms with Crippen LogP contribution in [0.25, 0.3) is 0 Å². The Kier molecular flexibility index (Phi) is 4.75. The van der Waals surface area contributed by atoms with E-state index in [9.17, 15) is 0 Å². The topological polar surface area (TPSA) is 56.7 Å². The Bertz CT molecular complexity index is 289. The largest absolute Gasteiger partial charge is 0.330 e. The van der Waals surface area contributed by atoms with E-state index in [1.807, 2.05) is 6.92 Å². The fraction of sp³-hybridized carbons (Fsp3) is 0.818. The lowest BCUT2D eigenvalue weighted by Crippen LogP contribution is -2.12. The Balaban J connectivity index is 2.86. The van der Waals surface area contributed by atoms with Crippen molar-refractivity contribution < 1.29 is 0 Å². The molecule has 2 N–H and O–H groups in total. The summed E-state index contributed by atoms with van der Waals surface area (Å²) in [6.07, 6.45) is 3.24. The first-order valence-electron chi connectivity index (χ1n) is 5.84. The highest BCUT2D eigenvalue weighted by molar-refractivity contribution is 5.00. The molecule has 4 nitrogen and oxygen atoms in total. The van der Waals surface area contributed by atoms with E-state index in [0.29, 0.717) is 5.92 Å². The Hall–Kier alpha value is -0.900. The lowest BCUT2D eigenvalue weighted by Gasteiger charge is -2.14. The molecule has 0 aliphatic heterocycles. The molecule has 0 saturated carbocycles. The summed E-state index contributed by atoms with van der Waals surface area (Å²) in [7, 11) is 0. The van der Waals surface area contributed by atoms with Crippen molar-refractivity contribution in [1.82, 2.24) is 14.8 Å². The molecule has 0 aliphatic carbocycles. The molecule has 15 heavy (non-hydrogen) atoms. The van der Waals surface area contributed by atoms with Gasteiger partial charge in [-0.1, -0.05) is 13.8 Å². The normalized spacial score (nSPS) is 11.3. The van der Waals surface area contributed by atoms with Crippen molar-refractivity contribution in [3.63, 3.8) is 0 Å². The molecule has 1 rings (SSSR count). The predicted octanol–water partition coefficient (Wildman–Crippen LogP) is 1.84. The number of aromatic nitrogens is 3. The van der Waals surface area contributed by atoms with E-state index in [0.717, 1.165) is 44.0 Å². The van der Waals surface area contributed by atoms with Gasteiger partial charge in [0, 0.05) is 12.5 Å². The molecule has 0 aliphatic rings. The van der Waals surface area contributed by atoms with Crippen molar-refractivity contribution in [1.29, 1.82) is 0 Å². The maximum atomic E-state index is 5.53. The smallest absolute Gasteiger partial charge is 0.136 e. The molecule has 0 spiro atoms. The van der Waals surface area contributed by atoms with Crippen LogP contribution in [0, 0.1) is 6.92 Å². The average Bonchev–Trinajstić information content (AvgIpc) is 2.60. The van der Waals surface area contributed by atoms with Crippen LogP contribution in [0.2, 0.25) is 0 Å². The first-order chi connectivity index (χ1) is 7.24. The second-order valence-corrected chi connectivity index (χ2v) is 3.91. The zero-order chi connectivity index (χ0) is 11.3. The van der Waals surface area contributed by atoms with Gasteiger partial charge in [0.05, 0.1) is 0 Å². The third-order valence-corrected chi connectivity index (χ3v) is 2.90. The van der Waals surface area contributed by atoms with Crippen LogP contribution in [0.15, 0.2) is 0 Å². The monoisotopic (exact) mass is 210 g/mol. The predicted molar refractivity (Wildman–Crippen MR) is 61.8 cm³/mol. The van der Waals surface area contributed by atoms with Crippen LogP contribution in [0.3, 0.4) is 0 Å². The molecule has 1 aromatic rings. The maximum absolute atomic E-state index is 5.53. The van der Waals surface area contributed by atoms with Gasteiger partial charge in [-0.15, -0.1) is 10.2 Å². The summed E-state index contributed by atoms with van der Waals surface area (Å²) in [5, 5.41) is 8.44. The Morgan fingerprint density at radius 3 is 2.47 bits per heavy atom. The highest BCUT2D eigenvalue weighted by atomic mass is 15.3. The molecular formula is C11H22N4. The molecule has 0 radical (unpaired) electrons. The third kappa shape index (κ3) is 2.78. The van der Waals surface area contributed by atoms with Crippen molar-refractivity contribution in [2.24, 2.45) is 5.73 Å². The van der Waals surface area contributed by atoms with Gasteiger partial charge in [0.25, 0.3) is 0 Å². The minimum Gasteiger partial charge on any atom is -0.330 e. The highest BCUT2D eigenvalue weighted by Gasteiger charge is 2.16. The number of nitrogens with two attached hydrogens (primary N) is 1. The molecule has 1 aromatic heterocycles. The zero-order valence-corrected chi connectivity index (χ0v) is 10.0. The van der Waals surface area contributed by atoms with Gasteiger partial charge >= 0.3 is 0 Å². The van der Waals surface area contributed by atoms with Gasteiger partial charge in [0.2, 0.25) is 0 Å². The highest BCUT2D eigenvalue weighted by Crippen LogP contribution is 2.21. The second kappa shape index (κ2) is 5.85. The molecule has 4 heteroatoms. The molecule has 0 atom stereocenters. The maximum Gasteiger partial charge on any atom is 0.136 e. The second-order valence-electron chi connectivity index (χ2n) is 3.91. The minimum absolute atomic E-state index is 0.531. The van der Waals surface area contributed by atoms with Gasteiger partial charge in [-0.2, -0.15) is 0 Å². The van der Waals surface area contributed by atoms with E-state index in [1.165, 1.54) is 0 Å². The van der Waals surface area contributed by atoms with Gasteiger partial charge < -0.3 is 10.3 Å². The van der Waals surface area contributed by atoms with E-state index in [2.05, 4.69) is 28.6 Å². The zero-order valence-electron chi connectivity index (χ0n) is 10.0. The number of nitrogens with zero attached hydrogens (tertiary/aromatic N) is 3. The molecule has 0 unspecified atom stereocenters. The summed E-state index contributed by atoms with van der Waals surface area (Å²) in [5.74, 6) is 2.67. The lowest BCUT2D eigenvalue weighted by atomic mass is 10.0. The van der Waals surface area contributed by atoms with Gasteiger partial charge in [-0.3, -0.25) is 0 Å². The van der Waals surface area contributed by atoms with Crippen molar-refractivity contribution in [2.45, 2.75) is 52.5 Å². The Morgan fingerprint density at radius 2 is 1.93 bits per heavy atom. The third-order valence-electron chi connectivity index (χ3n) is 2.90. The lowest BCUT2D eigenvalue weighted by molar-refractivity contribution is 0.530. The summed E-state index contributed by atoms with van der Waals surface area (Å²) in [5.41, 5.74) is 5.53. The van der Waals surface area contributed by atoms with Crippen molar-refractivity contribution in [3.8, 4) is 0 Å². The van der Waals surface area contributed by atoms with E-state index < -0.39 is 0 Å². The molecular weight excluding hydrogens is 188 g/mol. The minimum atomic E-state index is 0.531. The van der Waals surface area contributed by atoms with Gasteiger partial charge in [-0.25, -0.2) is 0 Å². The molecule has 0 bridgehead atoms. The molecule has 0 saturated heterocycles. The van der Waals surface area contributed by atoms with Crippen LogP contribution in [-0.2, 0) is 6.54 Å². The molecule has 0 amide bonds. The van der Waals surface area contributed by atoms with E-state index in [4.69, 9.17) is 5.73 Å². The Morgan fingerprint density at radius 1 is 1.27 bits per heavy atom. The van der Waals surface area contributed by atoms with Crippen LogP contribution in [0.1, 0.15) is 50.7 Å². The molecule has 0 aromatic carbocycles. The number of hydrogen-bond acceptors (Lipinski definition) is 3. The summed E-state index contributed by atoms with van der Waals surface area (Å²) in [6, 6.07) is 0.